The highest BCUT2D eigenvalue weighted by Crippen LogP contribution is 2.14. The van der Waals surface area contributed by atoms with Gasteiger partial charge in [0.15, 0.2) is 12.4 Å². The third-order valence-corrected chi connectivity index (χ3v) is 6.02. The monoisotopic (exact) mass is 374 g/mol. The Hall–Kier alpha value is -0.850. The topological polar surface area (TPSA) is 3.88 Å². The molecule has 1 heterocycles. The lowest BCUT2D eigenvalue weighted by atomic mass is 10.0. The van der Waals surface area contributed by atoms with Crippen LogP contribution >= 0.6 is 0 Å². The standard InChI is InChI=1S/C26H48N/c1-4-5-6-7-8-9-10-11-12-13-14-15-16-17-18-19-20-22-27-23-21-25(2)26(3)24-27/h21,23-24H,4-20,22H2,1-3H3/q+1. The van der Waals surface area contributed by atoms with Gasteiger partial charge in [-0.15, -0.1) is 0 Å². The smallest absolute Gasteiger partial charge is 0.171 e. The normalized spacial score (nSPS) is 11.2. The zero-order valence-electron chi connectivity index (χ0n) is 18.9. The first-order chi connectivity index (χ1) is 13.2. The first kappa shape index (κ1) is 24.2. The van der Waals surface area contributed by atoms with E-state index >= 15 is 0 Å². The van der Waals surface area contributed by atoms with Crippen LogP contribution in [0.2, 0.25) is 0 Å². The Morgan fingerprint density at radius 3 is 1.37 bits per heavy atom. The van der Waals surface area contributed by atoms with E-state index in [1.807, 2.05) is 0 Å². The Kier molecular flexibility index (Phi) is 15.5. The summed E-state index contributed by atoms with van der Waals surface area (Å²) in [5, 5.41) is 0. The number of rotatable bonds is 18. The molecule has 1 aromatic heterocycles. The molecule has 1 aromatic rings. The van der Waals surface area contributed by atoms with Crippen molar-refractivity contribution in [3.63, 3.8) is 0 Å². The number of aromatic nitrogens is 1. The van der Waals surface area contributed by atoms with E-state index < -0.39 is 0 Å². The fourth-order valence-corrected chi connectivity index (χ4v) is 3.89. The highest BCUT2D eigenvalue weighted by Gasteiger charge is 2.02. The summed E-state index contributed by atoms with van der Waals surface area (Å²) < 4.78 is 2.35. The summed E-state index contributed by atoms with van der Waals surface area (Å²) >= 11 is 0. The zero-order valence-corrected chi connectivity index (χ0v) is 18.9. The highest BCUT2D eigenvalue weighted by atomic mass is 14.9. The molecule has 0 saturated heterocycles. The average Bonchev–Trinajstić information content (AvgIpc) is 2.67. The molecule has 0 spiro atoms. The van der Waals surface area contributed by atoms with Gasteiger partial charge in [-0.05, 0) is 25.8 Å². The minimum atomic E-state index is 1.18. The summed E-state index contributed by atoms with van der Waals surface area (Å²) in [7, 11) is 0. The number of hydrogen-bond donors (Lipinski definition) is 0. The van der Waals surface area contributed by atoms with Crippen LogP contribution in [0.5, 0.6) is 0 Å². The summed E-state index contributed by atoms with van der Waals surface area (Å²) in [6.07, 6.45) is 29.1. The van der Waals surface area contributed by atoms with Gasteiger partial charge in [0.25, 0.3) is 0 Å². The molecule has 1 heteroatoms. The van der Waals surface area contributed by atoms with Crippen molar-refractivity contribution in [3.8, 4) is 0 Å². The number of hydrogen-bond acceptors (Lipinski definition) is 0. The summed E-state index contributed by atoms with van der Waals surface area (Å²) in [4.78, 5) is 0. The lowest BCUT2D eigenvalue weighted by Gasteiger charge is -2.04. The summed E-state index contributed by atoms with van der Waals surface area (Å²) in [5.41, 5.74) is 2.80. The fourth-order valence-electron chi connectivity index (χ4n) is 3.89. The predicted octanol–water partition coefficient (Wildman–Crippen LogP) is 8.24. The molecular formula is C26H48N+. The molecule has 0 aliphatic carbocycles. The molecule has 0 aliphatic heterocycles. The van der Waals surface area contributed by atoms with Crippen LogP contribution in [0.25, 0.3) is 0 Å². The van der Waals surface area contributed by atoms with Gasteiger partial charge in [-0.3, -0.25) is 0 Å². The molecule has 156 valence electrons. The molecule has 0 radical (unpaired) electrons. The summed E-state index contributed by atoms with van der Waals surface area (Å²) in [6.45, 7) is 7.88. The predicted molar refractivity (Wildman–Crippen MR) is 120 cm³/mol. The van der Waals surface area contributed by atoms with Crippen LogP contribution < -0.4 is 4.57 Å². The van der Waals surface area contributed by atoms with Crippen molar-refractivity contribution in [1.29, 1.82) is 0 Å². The molecule has 1 nitrogen and oxygen atoms in total. The van der Waals surface area contributed by atoms with Gasteiger partial charge in [0.1, 0.15) is 6.54 Å². The van der Waals surface area contributed by atoms with Gasteiger partial charge in [0, 0.05) is 18.1 Å². The molecule has 0 aromatic carbocycles. The Labute approximate surface area is 171 Å². The van der Waals surface area contributed by atoms with Gasteiger partial charge in [-0.25, -0.2) is 4.57 Å². The molecule has 0 aliphatic rings. The highest BCUT2D eigenvalue weighted by molar-refractivity contribution is 5.16. The lowest BCUT2D eigenvalue weighted by molar-refractivity contribution is -0.697. The maximum absolute atomic E-state index is 2.35. The first-order valence-corrected chi connectivity index (χ1v) is 12.2. The number of nitrogens with zero attached hydrogens (tertiary/aromatic N) is 1. The Balaban J connectivity index is 1.77. The Morgan fingerprint density at radius 1 is 0.556 bits per heavy atom. The maximum atomic E-state index is 2.35. The minimum Gasteiger partial charge on any atom is -0.205 e. The molecule has 0 bridgehead atoms. The van der Waals surface area contributed by atoms with Crippen LogP contribution in [0.3, 0.4) is 0 Å². The summed E-state index contributed by atoms with van der Waals surface area (Å²) in [6, 6.07) is 2.24. The second kappa shape index (κ2) is 17.3. The minimum absolute atomic E-state index is 1.18. The van der Waals surface area contributed by atoms with Crippen molar-refractivity contribution in [2.24, 2.45) is 0 Å². The molecule has 0 atom stereocenters. The third-order valence-electron chi connectivity index (χ3n) is 6.02. The van der Waals surface area contributed by atoms with Crippen molar-refractivity contribution < 1.29 is 4.57 Å². The summed E-state index contributed by atoms with van der Waals surface area (Å²) in [5.74, 6) is 0. The lowest BCUT2D eigenvalue weighted by Crippen LogP contribution is -2.33. The number of unbranched alkanes of at least 4 members (excludes halogenated alkanes) is 16. The van der Waals surface area contributed by atoms with Crippen molar-refractivity contribution in [3.05, 3.63) is 29.6 Å². The fraction of sp³-hybridized carbons (Fsp3) is 0.808. The van der Waals surface area contributed by atoms with E-state index in [9.17, 15) is 0 Å². The Bertz CT molecular complexity index is 452. The second-order valence-corrected chi connectivity index (χ2v) is 8.71. The van der Waals surface area contributed by atoms with Crippen molar-refractivity contribution in [2.75, 3.05) is 0 Å². The second-order valence-electron chi connectivity index (χ2n) is 8.71. The van der Waals surface area contributed by atoms with E-state index in [1.54, 1.807) is 0 Å². The largest absolute Gasteiger partial charge is 0.205 e. The van der Waals surface area contributed by atoms with Crippen LogP contribution in [-0.4, -0.2) is 0 Å². The molecule has 27 heavy (non-hydrogen) atoms. The van der Waals surface area contributed by atoms with Gasteiger partial charge in [0.05, 0.1) is 0 Å². The molecular weight excluding hydrogens is 326 g/mol. The van der Waals surface area contributed by atoms with Gasteiger partial charge < -0.3 is 0 Å². The van der Waals surface area contributed by atoms with Crippen LogP contribution in [0.4, 0.5) is 0 Å². The third kappa shape index (κ3) is 13.9. The van der Waals surface area contributed by atoms with Crippen molar-refractivity contribution in [2.45, 2.75) is 136 Å². The van der Waals surface area contributed by atoms with Crippen molar-refractivity contribution >= 4 is 0 Å². The van der Waals surface area contributed by atoms with Gasteiger partial charge in [-0.2, -0.15) is 0 Å². The van der Waals surface area contributed by atoms with Crippen molar-refractivity contribution in [1.82, 2.24) is 0 Å². The zero-order chi connectivity index (χ0) is 19.6. The number of pyridine rings is 1. The SMILES string of the molecule is CCCCCCCCCCCCCCCCCCC[n+]1ccc(C)c(C)c1. The first-order valence-electron chi connectivity index (χ1n) is 12.2. The van der Waals surface area contributed by atoms with Gasteiger partial charge >= 0.3 is 0 Å². The van der Waals surface area contributed by atoms with Crippen LogP contribution in [0, 0.1) is 13.8 Å². The molecule has 0 unspecified atom stereocenters. The van der Waals surface area contributed by atoms with Crippen LogP contribution in [0.1, 0.15) is 127 Å². The van der Waals surface area contributed by atoms with E-state index in [1.165, 1.54) is 127 Å². The van der Waals surface area contributed by atoms with Crippen LogP contribution in [-0.2, 0) is 6.54 Å². The van der Waals surface area contributed by atoms with E-state index in [0.29, 0.717) is 0 Å². The van der Waals surface area contributed by atoms with E-state index in [4.69, 9.17) is 0 Å². The van der Waals surface area contributed by atoms with E-state index in [-0.39, 0.29) is 0 Å². The van der Waals surface area contributed by atoms with Crippen LogP contribution in [0.15, 0.2) is 18.5 Å². The molecule has 1 rings (SSSR count). The quantitative estimate of drug-likeness (QED) is 0.180. The average molecular weight is 375 g/mol. The molecule has 0 saturated carbocycles. The van der Waals surface area contributed by atoms with E-state index in [0.717, 1.165) is 0 Å². The molecule has 0 N–H and O–H groups in total. The van der Waals surface area contributed by atoms with E-state index in [2.05, 4.69) is 43.8 Å². The molecule has 0 amide bonds. The maximum Gasteiger partial charge on any atom is 0.171 e. The van der Waals surface area contributed by atoms with Gasteiger partial charge in [0.2, 0.25) is 0 Å². The molecule has 0 fully saturated rings. The number of aryl methyl sites for hydroxylation is 3. The van der Waals surface area contributed by atoms with Gasteiger partial charge in [-0.1, -0.05) is 103 Å². The Morgan fingerprint density at radius 2 is 0.963 bits per heavy atom.